The minimum absolute atomic E-state index is 0.00679. The number of hydrogen-bond donors (Lipinski definition) is 0. The van der Waals surface area contributed by atoms with Crippen LogP contribution in [0.3, 0.4) is 0 Å². The van der Waals surface area contributed by atoms with Gasteiger partial charge in [0.1, 0.15) is 23.1 Å². The number of nitrogens with zero attached hydrogens (tertiary/aromatic N) is 3. The van der Waals surface area contributed by atoms with Crippen molar-refractivity contribution < 1.29 is 28.1 Å². The topological polar surface area (TPSA) is 102 Å². The van der Waals surface area contributed by atoms with Crippen LogP contribution in [-0.4, -0.2) is 41.6 Å². The van der Waals surface area contributed by atoms with E-state index in [2.05, 4.69) is 9.97 Å². The normalized spacial score (nSPS) is 11.0. The summed E-state index contributed by atoms with van der Waals surface area (Å²) in [5.74, 6) is 1.40. The maximum Gasteiger partial charge on any atom is 0.200 e. The number of carbonyl (C=O) groups is 1. The highest BCUT2D eigenvalue weighted by atomic mass is 19.1. The largest absolute Gasteiger partial charge is 0.496 e. The Kier molecular flexibility index (Phi) is 8.38. The van der Waals surface area contributed by atoms with Crippen LogP contribution in [0.4, 0.5) is 4.39 Å². The van der Waals surface area contributed by atoms with Crippen LogP contribution >= 0.6 is 0 Å². The predicted octanol–water partition coefficient (Wildman–Crippen LogP) is 6.42. The second-order valence-electron chi connectivity index (χ2n) is 10.0. The van der Waals surface area contributed by atoms with Gasteiger partial charge in [-0.05, 0) is 50.2 Å². The molecule has 220 valence electrons. The summed E-state index contributed by atoms with van der Waals surface area (Å²) in [6.07, 6.45) is 6.24. The molecule has 0 saturated heterocycles. The quantitative estimate of drug-likeness (QED) is 0.174. The van der Waals surface area contributed by atoms with Gasteiger partial charge in [-0.25, -0.2) is 4.39 Å². The Morgan fingerprint density at radius 3 is 2.28 bits per heavy atom. The molecule has 9 nitrogen and oxygen atoms in total. The van der Waals surface area contributed by atoms with E-state index in [1.165, 1.54) is 31.5 Å². The molecule has 0 fully saturated rings. The second kappa shape index (κ2) is 12.3. The van der Waals surface area contributed by atoms with Gasteiger partial charge in [0.05, 0.1) is 45.0 Å². The Labute approximate surface area is 247 Å². The minimum atomic E-state index is -0.493. The molecule has 0 radical (unpaired) electrons. The first-order chi connectivity index (χ1) is 20.7. The van der Waals surface area contributed by atoms with E-state index in [4.69, 9.17) is 18.9 Å². The molecule has 43 heavy (non-hydrogen) atoms. The number of Topliss-reactive ketones (excluding diaryl/α,β-unsaturated/α-hetero) is 1. The van der Waals surface area contributed by atoms with Crippen molar-refractivity contribution in [1.82, 2.24) is 14.5 Å². The number of hydrogen-bond acceptors (Lipinski definition) is 8. The highest BCUT2D eigenvalue weighted by molar-refractivity contribution is 5.98. The number of benzene rings is 2. The van der Waals surface area contributed by atoms with E-state index in [9.17, 15) is 14.0 Å². The van der Waals surface area contributed by atoms with Gasteiger partial charge in [0.25, 0.3) is 0 Å². The second-order valence-corrected chi connectivity index (χ2v) is 10.0. The summed E-state index contributed by atoms with van der Waals surface area (Å²) in [5, 5.41) is 0.721. The number of halogens is 1. The van der Waals surface area contributed by atoms with Crippen LogP contribution in [0.1, 0.15) is 35.9 Å². The average molecular weight is 584 g/mol. The van der Waals surface area contributed by atoms with E-state index in [-0.39, 0.29) is 29.3 Å². The third-order valence-corrected chi connectivity index (χ3v) is 6.97. The molecule has 0 aliphatic heterocycles. The van der Waals surface area contributed by atoms with Gasteiger partial charge in [-0.3, -0.25) is 19.6 Å². The number of carbonyl (C=O) groups excluding carboxylic acids is 1. The zero-order valence-corrected chi connectivity index (χ0v) is 24.4. The number of ether oxygens (including phenoxy) is 4. The van der Waals surface area contributed by atoms with Crippen LogP contribution in [0, 0.1) is 5.82 Å². The molecule has 0 N–H and O–H groups in total. The summed E-state index contributed by atoms with van der Waals surface area (Å²) in [7, 11) is 4.51. The van der Waals surface area contributed by atoms with Crippen molar-refractivity contribution in [3.63, 3.8) is 0 Å². The zero-order chi connectivity index (χ0) is 30.7. The van der Waals surface area contributed by atoms with Crippen LogP contribution in [0.5, 0.6) is 28.7 Å². The molecular weight excluding hydrogens is 553 g/mol. The summed E-state index contributed by atoms with van der Waals surface area (Å²) >= 11 is 0. The van der Waals surface area contributed by atoms with Crippen LogP contribution in [0.2, 0.25) is 0 Å². The Balaban J connectivity index is 1.41. The van der Waals surface area contributed by atoms with Gasteiger partial charge < -0.3 is 23.5 Å². The van der Waals surface area contributed by atoms with Crippen LogP contribution < -0.4 is 24.4 Å². The number of fused-ring (bicyclic) bond motifs is 1. The van der Waals surface area contributed by atoms with E-state index >= 15 is 0 Å². The maximum absolute atomic E-state index is 13.8. The Bertz CT molecular complexity index is 1870. The number of rotatable bonds is 10. The molecule has 0 amide bonds. The number of ketones is 1. The molecule has 0 aliphatic rings. The lowest BCUT2D eigenvalue weighted by molar-refractivity contribution is 0.0990. The SMILES string of the molecule is COc1cc2nccc(Oc3ccc(CC(=O)c4cn(C(C)C)cc(-c5ccc(F)cc5OC)c4=O)nc3)c2cc1OC. The van der Waals surface area contributed by atoms with Gasteiger partial charge in [-0.15, -0.1) is 0 Å². The molecule has 10 heteroatoms. The molecule has 0 atom stereocenters. The molecule has 5 rings (SSSR count). The first-order valence-corrected chi connectivity index (χ1v) is 13.5. The van der Waals surface area contributed by atoms with Crippen molar-refractivity contribution in [3.05, 3.63) is 101 Å². The van der Waals surface area contributed by atoms with Crippen molar-refractivity contribution >= 4 is 16.7 Å². The summed E-state index contributed by atoms with van der Waals surface area (Å²) in [6.45, 7) is 3.87. The molecular formula is C33H30FN3O6. The summed E-state index contributed by atoms with van der Waals surface area (Å²) < 4.78 is 37.8. The van der Waals surface area contributed by atoms with E-state index in [0.29, 0.717) is 39.8 Å². The lowest BCUT2D eigenvalue weighted by atomic mass is 10.00. The number of aromatic nitrogens is 3. The van der Waals surface area contributed by atoms with Crippen molar-refractivity contribution in [2.24, 2.45) is 0 Å². The van der Waals surface area contributed by atoms with Gasteiger partial charge in [0.15, 0.2) is 22.7 Å². The highest BCUT2D eigenvalue weighted by Crippen LogP contribution is 2.37. The summed E-state index contributed by atoms with van der Waals surface area (Å²) in [5.41, 5.74) is 1.31. The van der Waals surface area contributed by atoms with E-state index in [0.717, 1.165) is 5.39 Å². The summed E-state index contributed by atoms with van der Waals surface area (Å²) in [4.78, 5) is 35.8. The molecule has 0 spiro atoms. The molecule has 3 aromatic heterocycles. The predicted molar refractivity (Wildman–Crippen MR) is 160 cm³/mol. The first kappa shape index (κ1) is 29.2. The van der Waals surface area contributed by atoms with Gasteiger partial charge in [0.2, 0.25) is 0 Å². The Morgan fingerprint density at radius 1 is 0.860 bits per heavy atom. The van der Waals surface area contributed by atoms with Crippen molar-refractivity contribution in [1.29, 1.82) is 0 Å². The fourth-order valence-corrected chi connectivity index (χ4v) is 4.67. The number of methoxy groups -OCH3 is 3. The average Bonchev–Trinajstić information content (AvgIpc) is 3.01. The third-order valence-electron chi connectivity index (χ3n) is 6.97. The molecule has 0 bridgehead atoms. The fraction of sp³-hybridized carbons (Fsp3) is 0.212. The van der Waals surface area contributed by atoms with Gasteiger partial charge in [-0.1, -0.05) is 0 Å². The first-order valence-electron chi connectivity index (χ1n) is 13.5. The van der Waals surface area contributed by atoms with Gasteiger partial charge in [-0.2, -0.15) is 0 Å². The van der Waals surface area contributed by atoms with Gasteiger partial charge >= 0.3 is 0 Å². The summed E-state index contributed by atoms with van der Waals surface area (Å²) in [6, 6.07) is 12.6. The van der Waals surface area contributed by atoms with Gasteiger partial charge in [0, 0.05) is 59.0 Å². The molecule has 0 unspecified atom stereocenters. The maximum atomic E-state index is 13.8. The smallest absolute Gasteiger partial charge is 0.200 e. The van der Waals surface area contributed by atoms with Crippen molar-refractivity contribution in [3.8, 4) is 39.9 Å². The zero-order valence-electron chi connectivity index (χ0n) is 24.4. The van der Waals surface area contributed by atoms with E-state index < -0.39 is 17.0 Å². The van der Waals surface area contributed by atoms with E-state index in [1.54, 1.807) is 67.7 Å². The number of pyridine rings is 3. The Hall–Kier alpha value is -5.25. The highest BCUT2D eigenvalue weighted by Gasteiger charge is 2.20. The van der Waals surface area contributed by atoms with Crippen molar-refractivity contribution in [2.45, 2.75) is 26.3 Å². The van der Waals surface area contributed by atoms with Crippen LogP contribution in [-0.2, 0) is 6.42 Å². The molecule has 0 aliphatic carbocycles. The lowest BCUT2D eigenvalue weighted by Crippen LogP contribution is -2.22. The fourth-order valence-electron chi connectivity index (χ4n) is 4.67. The third kappa shape index (κ3) is 6.04. The minimum Gasteiger partial charge on any atom is -0.496 e. The standard InChI is InChI=1S/C33H30FN3O6/c1-19(2)37-17-25(23-9-6-20(34)12-30(23)40-3)33(39)26(18-37)28(38)13-21-7-8-22(16-36-21)43-29-10-11-35-27-15-32(42-5)31(41-4)14-24(27)29/h6-12,14-19H,13H2,1-5H3. The molecule has 2 aromatic carbocycles. The molecule has 5 aromatic rings. The van der Waals surface area contributed by atoms with Crippen LogP contribution in [0.25, 0.3) is 22.0 Å². The molecule has 3 heterocycles. The van der Waals surface area contributed by atoms with Crippen molar-refractivity contribution in [2.75, 3.05) is 21.3 Å². The molecule has 0 saturated carbocycles. The lowest BCUT2D eigenvalue weighted by Gasteiger charge is -2.16. The Morgan fingerprint density at radius 2 is 1.60 bits per heavy atom. The van der Waals surface area contributed by atoms with E-state index in [1.807, 2.05) is 13.8 Å². The van der Waals surface area contributed by atoms with Crippen LogP contribution in [0.15, 0.2) is 78.1 Å². The monoisotopic (exact) mass is 583 g/mol.